The van der Waals surface area contributed by atoms with Crippen LogP contribution >= 0.6 is 22.7 Å². The number of nitrogens with one attached hydrogen (secondary N) is 1. The van der Waals surface area contributed by atoms with Crippen LogP contribution in [-0.2, 0) is 16.0 Å². The second kappa shape index (κ2) is 9.46. The predicted molar refractivity (Wildman–Crippen MR) is 117 cm³/mol. The topological polar surface area (TPSA) is 65.5 Å². The lowest BCUT2D eigenvalue weighted by atomic mass is 10.2. The molecule has 3 heterocycles. The molecular weight excluding hydrogens is 423 g/mol. The summed E-state index contributed by atoms with van der Waals surface area (Å²) < 4.78 is 13.2. The monoisotopic (exact) mass is 444 g/mol. The largest absolute Gasteiger partial charge is 0.340 e. The number of benzene rings is 1. The first-order valence-corrected chi connectivity index (χ1v) is 11.4. The van der Waals surface area contributed by atoms with Gasteiger partial charge in [0.05, 0.1) is 18.7 Å². The van der Waals surface area contributed by atoms with E-state index in [0.717, 1.165) is 16.3 Å². The Morgan fingerprint density at radius 3 is 2.70 bits per heavy atom. The minimum Gasteiger partial charge on any atom is -0.340 e. The normalized spacial score (nSPS) is 14.6. The van der Waals surface area contributed by atoms with Crippen LogP contribution in [0.1, 0.15) is 5.69 Å². The zero-order valence-corrected chi connectivity index (χ0v) is 17.8. The fourth-order valence-electron chi connectivity index (χ4n) is 3.30. The average molecular weight is 445 g/mol. The molecule has 1 aromatic carbocycles. The van der Waals surface area contributed by atoms with E-state index in [1.165, 1.54) is 12.1 Å². The summed E-state index contributed by atoms with van der Waals surface area (Å²) in [6, 6.07) is 7.86. The van der Waals surface area contributed by atoms with Crippen molar-refractivity contribution in [1.82, 2.24) is 14.8 Å². The average Bonchev–Trinajstić information content (AvgIpc) is 3.40. The minimum absolute atomic E-state index is 0.0565. The summed E-state index contributed by atoms with van der Waals surface area (Å²) in [5.41, 5.74) is 2.33. The predicted octanol–water partition coefficient (Wildman–Crippen LogP) is 3.34. The van der Waals surface area contributed by atoms with Crippen molar-refractivity contribution in [1.29, 1.82) is 0 Å². The van der Waals surface area contributed by atoms with Crippen LogP contribution in [0.5, 0.6) is 0 Å². The summed E-state index contributed by atoms with van der Waals surface area (Å²) in [5, 5.41) is 9.65. The number of amides is 2. The van der Waals surface area contributed by atoms with E-state index in [2.05, 4.69) is 10.3 Å². The van der Waals surface area contributed by atoms with Crippen molar-refractivity contribution < 1.29 is 14.0 Å². The molecule has 1 N–H and O–H groups in total. The van der Waals surface area contributed by atoms with E-state index in [1.807, 2.05) is 32.0 Å². The third-order valence-electron chi connectivity index (χ3n) is 4.85. The van der Waals surface area contributed by atoms with Gasteiger partial charge in [0.2, 0.25) is 11.8 Å². The van der Waals surface area contributed by atoms with Crippen molar-refractivity contribution in [2.24, 2.45) is 0 Å². The number of rotatable bonds is 6. The maximum absolute atomic E-state index is 13.2. The lowest BCUT2D eigenvalue weighted by Crippen LogP contribution is -2.50. The van der Waals surface area contributed by atoms with Crippen molar-refractivity contribution in [3.63, 3.8) is 0 Å². The number of thiophene rings is 1. The molecule has 0 unspecified atom stereocenters. The molecule has 1 aliphatic heterocycles. The highest BCUT2D eigenvalue weighted by Gasteiger charge is 2.23. The van der Waals surface area contributed by atoms with Crippen LogP contribution in [-0.4, -0.2) is 59.3 Å². The minimum atomic E-state index is -0.387. The quantitative estimate of drug-likeness (QED) is 0.633. The third-order valence-corrected chi connectivity index (χ3v) is 6.48. The first kappa shape index (κ1) is 20.6. The second-order valence-corrected chi connectivity index (χ2v) is 8.69. The van der Waals surface area contributed by atoms with Crippen LogP contribution < -0.4 is 5.32 Å². The highest BCUT2D eigenvalue weighted by Crippen LogP contribution is 2.26. The lowest BCUT2D eigenvalue weighted by Gasteiger charge is -2.34. The molecule has 1 aliphatic rings. The molecule has 0 saturated carbocycles. The van der Waals surface area contributed by atoms with Gasteiger partial charge in [-0.15, -0.1) is 11.3 Å². The van der Waals surface area contributed by atoms with Crippen molar-refractivity contribution >= 4 is 40.2 Å². The Kier molecular flexibility index (Phi) is 6.51. The SMILES string of the molecule is O=C(CN1CCN(C(=O)Cc2csc(-c3ccsc3)n2)CC1)Nc1cccc(F)c1. The van der Waals surface area contributed by atoms with Gasteiger partial charge in [-0.25, -0.2) is 9.37 Å². The van der Waals surface area contributed by atoms with Gasteiger partial charge >= 0.3 is 0 Å². The number of hydrogen-bond acceptors (Lipinski definition) is 6. The van der Waals surface area contributed by atoms with Gasteiger partial charge in [0.1, 0.15) is 10.8 Å². The molecule has 2 aromatic heterocycles. The van der Waals surface area contributed by atoms with E-state index >= 15 is 0 Å². The number of piperazine rings is 1. The molecule has 0 aliphatic carbocycles. The van der Waals surface area contributed by atoms with Gasteiger partial charge in [-0.05, 0) is 29.6 Å². The Hall–Kier alpha value is -2.62. The molecule has 0 radical (unpaired) electrons. The second-order valence-electron chi connectivity index (χ2n) is 7.05. The highest BCUT2D eigenvalue weighted by atomic mass is 32.1. The van der Waals surface area contributed by atoms with Crippen LogP contribution in [0, 0.1) is 5.82 Å². The molecule has 0 atom stereocenters. The number of thiazole rings is 1. The Balaban J connectivity index is 1.23. The van der Waals surface area contributed by atoms with Crippen molar-refractivity contribution in [3.05, 3.63) is 58.0 Å². The molecule has 0 bridgehead atoms. The van der Waals surface area contributed by atoms with E-state index in [1.54, 1.807) is 34.8 Å². The van der Waals surface area contributed by atoms with E-state index in [4.69, 9.17) is 0 Å². The highest BCUT2D eigenvalue weighted by molar-refractivity contribution is 7.14. The molecule has 3 aromatic rings. The fourth-order valence-corrected chi connectivity index (χ4v) is 4.83. The van der Waals surface area contributed by atoms with Crippen molar-refractivity contribution in [2.45, 2.75) is 6.42 Å². The molecule has 9 heteroatoms. The summed E-state index contributed by atoms with van der Waals surface area (Å²) in [4.78, 5) is 33.2. The first-order chi connectivity index (χ1) is 14.6. The van der Waals surface area contributed by atoms with Crippen LogP contribution in [0.25, 0.3) is 10.6 Å². The Morgan fingerprint density at radius 2 is 1.97 bits per heavy atom. The lowest BCUT2D eigenvalue weighted by molar-refractivity contribution is -0.132. The molecule has 4 rings (SSSR count). The summed E-state index contributed by atoms with van der Waals surface area (Å²) in [5.74, 6) is -0.521. The Bertz CT molecular complexity index is 1010. The van der Waals surface area contributed by atoms with Crippen molar-refractivity contribution in [3.8, 4) is 10.6 Å². The van der Waals surface area contributed by atoms with E-state index in [9.17, 15) is 14.0 Å². The first-order valence-electron chi connectivity index (χ1n) is 9.59. The third kappa shape index (κ3) is 5.29. The molecule has 30 heavy (non-hydrogen) atoms. The van der Waals surface area contributed by atoms with Crippen LogP contribution in [0.15, 0.2) is 46.5 Å². The van der Waals surface area contributed by atoms with Gasteiger partial charge in [-0.2, -0.15) is 11.3 Å². The van der Waals surface area contributed by atoms with Gasteiger partial charge in [-0.3, -0.25) is 14.5 Å². The summed E-state index contributed by atoms with van der Waals surface area (Å²) in [6.07, 6.45) is 0.292. The molecule has 0 spiro atoms. The molecule has 156 valence electrons. The van der Waals surface area contributed by atoms with Gasteiger partial charge in [0, 0.05) is 48.2 Å². The molecule has 2 amide bonds. The van der Waals surface area contributed by atoms with Crippen molar-refractivity contribution in [2.75, 3.05) is 38.0 Å². The van der Waals surface area contributed by atoms with E-state index in [-0.39, 0.29) is 24.2 Å². The molecular formula is C21H21FN4O2S2. The Labute approximate surface area is 182 Å². The number of aromatic nitrogens is 1. The number of carbonyl (C=O) groups excluding carboxylic acids is 2. The number of nitrogens with zero attached hydrogens (tertiary/aromatic N) is 3. The van der Waals surface area contributed by atoms with Gasteiger partial charge < -0.3 is 10.2 Å². The molecule has 6 nitrogen and oxygen atoms in total. The summed E-state index contributed by atoms with van der Waals surface area (Å²) in [7, 11) is 0. The van der Waals surface area contributed by atoms with Gasteiger partial charge in [-0.1, -0.05) is 6.07 Å². The number of anilines is 1. The fraction of sp³-hybridized carbons (Fsp3) is 0.286. The van der Waals surface area contributed by atoms with E-state index in [0.29, 0.717) is 38.3 Å². The number of carbonyl (C=O) groups is 2. The smallest absolute Gasteiger partial charge is 0.238 e. The Morgan fingerprint density at radius 1 is 1.13 bits per heavy atom. The maximum atomic E-state index is 13.2. The summed E-state index contributed by atoms with van der Waals surface area (Å²) >= 11 is 3.18. The van der Waals surface area contributed by atoms with Crippen LogP contribution in [0.3, 0.4) is 0 Å². The zero-order valence-electron chi connectivity index (χ0n) is 16.2. The molecule has 1 fully saturated rings. The van der Waals surface area contributed by atoms with E-state index < -0.39 is 0 Å². The standard InChI is InChI=1S/C21H21FN4O2S2/c22-16-2-1-3-17(10-16)23-19(27)12-25-5-7-26(8-6-25)20(28)11-18-14-30-21(24-18)15-4-9-29-13-15/h1-4,9-10,13-14H,5-8,11-12H2,(H,23,27). The molecule has 1 saturated heterocycles. The van der Waals surface area contributed by atoms with Gasteiger partial charge in [0.25, 0.3) is 0 Å². The van der Waals surface area contributed by atoms with Crippen LogP contribution in [0.2, 0.25) is 0 Å². The van der Waals surface area contributed by atoms with Crippen LogP contribution in [0.4, 0.5) is 10.1 Å². The van der Waals surface area contributed by atoms with Gasteiger partial charge in [0.15, 0.2) is 0 Å². The number of hydrogen-bond donors (Lipinski definition) is 1. The maximum Gasteiger partial charge on any atom is 0.238 e. The zero-order chi connectivity index (χ0) is 20.9. The summed E-state index contributed by atoms with van der Waals surface area (Å²) in [6.45, 7) is 2.62. The number of halogens is 1.